The molecule has 21 heavy (non-hydrogen) atoms. The summed E-state index contributed by atoms with van der Waals surface area (Å²) in [4.78, 5) is 11.1. The third kappa shape index (κ3) is 5.19. The maximum Gasteiger partial charge on any atom is 0.306 e. The number of sulfonamides is 1. The van der Waals surface area contributed by atoms with Gasteiger partial charge < -0.3 is 10.5 Å². The number of hydrogen-bond acceptors (Lipinski definition) is 5. The molecule has 0 spiro atoms. The van der Waals surface area contributed by atoms with Crippen molar-refractivity contribution in [3.8, 4) is 11.8 Å². The molecule has 0 amide bonds. The van der Waals surface area contributed by atoms with Gasteiger partial charge in [0.2, 0.25) is 10.0 Å². The minimum atomic E-state index is -3.74. The number of hydrogen-bond donors (Lipinski definition) is 2. The summed E-state index contributed by atoms with van der Waals surface area (Å²) < 4.78 is 31.3. The van der Waals surface area contributed by atoms with Gasteiger partial charge in [-0.15, -0.1) is 0 Å². The van der Waals surface area contributed by atoms with Crippen molar-refractivity contribution in [3.05, 3.63) is 29.3 Å². The van der Waals surface area contributed by atoms with E-state index in [0.717, 1.165) is 5.56 Å². The molecule has 0 saturated carbocycles. The molecule has 1 aromatic rings. The van der Waals surface area contributed by atoms with Crippen molar-refractivity contribution in [3.63, 3.8) is 0 Å². The highest BCUT2D eigenvalue weighted by atomic mass is 32.2. The number of nitrogens with two attached hydrogens (primary N) is 1. The van der Waals surface area contributed by atoms with Gasteiger partial charge in [0, 0.05) is 12.1 Å². The van der Waals surface area contributed by atoms with Crippen LogP contribution in [0.3, 0.4) is 0 Å². The normalized spacial score (nSPS) is 10.6. The molecule has 0 aliphatic carbocycles. The van der Waals surface area contributed by atoms with Gasteiger partial charge in [0.05, 0.1) is 25.0 Å². The molecule has 0 aliphatic rings. The zero-order chi connectivity index (χ0) is 15.9. The summed E-state index contributed by atoms with van der Waals surface area (Å²) in [5.41, 5.74) is 6.59. The lowest BCUT2D eigenvalue weighted by Crippen LogP contribution is -2.27. The lowest BCUT2D eigenvalue weighted by molar-refractivity contribution is -0.140. The Hall–Kier alpha value is -1.88. The number of carbonyl (C=O) groups is 1. The average molecular weight is 310 g/mol. The van der Waals surface area contributed by atoms with Crippen molar-refractivity contribution in [2.45, 2.75) is 18.2 Å². The van der Waals surface area contributed by atoms with Gasteiger partial charge in [-0.05, 0) is 24.6 Å². The number of aryl methyl sites for hydroxylation is 1. The third-order valence-electron chi connectivity index (χ3n) is 2.60. The summed E-state index contributed by atoms with van der Waals surface area (Å²) in [6, 6.07) is 4.84. The molecule has 0 radical (unpaired) electrons. The Morgan fingerprint density at radius 2 is 2.14 bits per heavy atom. The molecule has 1 rings (SSSR count). The van der Waals surface area contributed by atoms with E-state index >= 15 is 0 Å². The highest BCUT2D eigenvalue weighted by Gasteiger charge is 2.18. The summed E-state index contributed by atoms with van der Waals surface area (Å²) in [6.07, 6.45) is -0.0363. The molecule has 0 fully saturated rings. The molecule has 0 bridgehead atoms. The first-order chi connectivity index (χ1) is 9.90. The number of methoxy groups -OCH3 is 1. The third-order valence-corrected chi connectivity index (χ3v) is 4.12. The highest BCUT2D eigenvalue weighted by molar-refractivity contribution is 7.89. The zero-order valence-electron chi connectivity index (χ0n) is 12.0. The smallest absolute Gasteiger partial charge is 0.306 e. The molecule has 1 aromatic carbocycles. The predicted octanol–water partition coefficient (Wildman–Crippen LogP) is 0.147. The van der Waals surface area contributed by atoms with Gasteiger partial charge in [-0.3, -0.25) is 4.79 Å². The fourth-order valence-corrected chi connectivity index (χ4v) is 2.76. The largest absolute Gasteiger partial charge is 0.469 e. The number of nitrogens with one attached hydrogen (secondary N) is 1. The van der Waals surface area contributed by atoms with Crippen molar-refractivity contribution in [1.82, 2.24) is 4.72 Å². The predicted molar refractivity (Wildman–Crippen MR) is 78.9 cm³/mol. The Morgan fingerprint density at radius 1 is 1.43 bits per heavy atom. The Morgan fingerprint density at radius 3 is 2.76 bits per heavy atom. The second-order valence-electron chi connectivity index (χ2n) is 4.23. The van der Waals surface area contributed by atoms with Crippen LogP contribution in [-0.2, 0) is 19.6 Å². The first kappa shape index (κ1) is 17.2. The van der Waals surface area contributed by atoms with Crippen LogP contribution in [0.2, 0.25) is 0 Å². The van der Waals surface area contributed by atoms with E-state index in [2.05, 4.69) is 21.3 Å². The standard InChI is InChI=1S/C14H18N2O4S/c1-11-5-6-13(12(10-11)4-3-8-15)21(18,19)16-9-7-14(17)20-2/h5-6,10,16H,7-9,15H2,1-2H3. The van der Waals surface area contributed by atoms with E-state index in [-0.39, 0.29) is 24.4 Å². The molecule has 0 aromatic heterocycles. The molecular weight excluding hydrogens is 292 g/mol. The Balaban J connectivity index is 2.99. The van der Waals surface area contributed by atoms with E-state index in [1.54, 1.807) is 12.1 Å². The quantitative estimate of drug-likeness (QED) is 0.596. The second-order valence-corrected chi connectivity index (χ2v) is 5.96. The molecule has 0 unspecified atom stereocenters. The van der Waals surface area contributed by atoms with Crippen LogP contribution in [0.15, 0.2) is 23.1 Å². The zero-order valence-corrected chi connectivity index (χ0v) is 12.8. The maximum absolute atomic E-state index is 12.2. The number of carbonyl (C=O) groups excluding carboxylic acids is 1. The van der Waals surface area contributed by atoms with E-state index in [0.29, 0.717) is 5.56 Å². The molecule has 0 saturated heterocycles. The van der Waals surface area contributed by atoms with Gasteiger partial charge in [0.25, 0.3) is 0 Å². The molecule has 0 aliphatic heterocycles. The fraction of sp³-hybridized carbons (Fsp3) is 0.357. The molecule has 0 heterocycles. The monoisotopic (exact) mass is 310 g/mol. The van der Waals surface area contributed by atoms with Gasteiger partial charge >= 0.3 is 5.97 Å². The number of benzene rings is 1. The van der Waals surface area contributed by atoms with E-state index in [4.69, 9.17) is 5.73 Å². The lowest BCUT2D eigenvalue weighted by Gasteiger charge is -2.09. The topological polar surface area (TPSA) is 98.5 Å². The van der Waals surface area contributed by atoms with Crippen LogP contribution in [0.25, 0.3) is 0 Å². The summed E-state index contributed by atoms with van der Waals surface area (Å²) in [6.45, 7) is 1.95. The Kier molecular flexibility index (Phi) is 6.37. The summed E-state index contributed by atoms with van der Waals surface area (Å²) >= 11 is 0. The van der Waals surface area contributed by atoms with Crippen LogP contribution in [-0.4, -0.2) is 34.6 Å². The first-order valence-electron chi connectivity index (χ1n) is 6.27. The van der Waals surface area contributed by atoms with Crippen LogP contribution >= 0.6 is 0 Å². The van der Waals surface area contributed by atoms with E-state index in [1.165, 1.54) is 13.2 Å². The van der Waals surface area contributed by atoms with Gasteiger partial charge in [-0.1, -0.05) is 17.9 Å². The van der Waals surface area contributed by atoms with Crippen LogP contribution < -0.4 is 10.5 Å². The van der Waals surface area contributed by atoms with Crippen molar-refractivity contribution in [2.24, 2.45) is 5.73 Å². The molecule has 0 atom stereocenters. The van der Waals surface area contributed by atoms with E-state index in [9.17, 15) is 13.2 Å². The van der Waals surface area contributed by atoms with Crippen LogP contribution in [0.1, 0.15) is 17.5 Å². The molecule has 7 heteroatoms. The van der Waals surface area contributed by atoms with Crippen LogP contribution in [0, 0.1) is 18.8 Å². The second kappa shape index (κ2) is 7.78. The van der Waals surface area contributed by atoms with Crippen molar-refractivity contribution < 1.29 is 17.9 Å². The minimum absolute atomic E-state index is 0.0351. The molecule has 3 N–H and O–H groups in total. The van der Waals surface area contributed by atoms with Crippen molar-refractivity contribution in [1.29, 1.82) is 0 Å². The number of rotatable bonds is 5. The lowest BCUT2D eigenvalue weighted by atomic mass is 10.1. The van der Waals surface area contributed by atoms with Gasteiger partial charge in [0.15, 0.2) is 0 Å². The van der Waals surface area contributed by atoms with E-state index < -0.39 is 16.0 Å². The molecular formula is C14H18N2O4S. The summed E-state index contributed by atoms with van der Waals surface area (Å²) in [5.74, 6) is 4.90. The van der Waals surface area contributed by atoms with Crippen molar-refractivity contribution >= 4 is 16.0 Å². The van der Waals surface area contributed by atoms with Gasteiger partial charge in [-0.25, -0.2) is 13.1 Å². The highest BCUT2D eigenvalue weighted by Crippen LogP contribution is 2.16. The van der Waals surface area contributed by atoms with Crippen LogP contribution in [0.5, 0.6) is 0 Å². The summed E-state index contributed by atoms with van der Waals surface area (Å²) in [5, 5.41) is 0. The first-order valence-corrected chi connectivity index (χ1v) is 7.75. The van der Waals surface area contributed by atoms with Gasteiger partial charge in [-0.2, -0.15) is 0 Å². The summed E-state index contributed by atoms with van der Waals surface area (Å²) in [7, 11) is -2.50. The Labute approximate surface area is 124 Å². The average Bonchev–Trinajstić information content (AvgIpc) is 2.44. The van der Waals surface area contributed by atoms with E-state index in [1.807, 2.05) is 6.92 Å². The molecule has 6 nitrogen and oxygen atoms in total. The minimum Gasteiger partial charge on any atom is -0.469 e. The van der Waals surface area contributed by atoms with Crippen LogP contribution in [0.4, 0.5) is 0 Å². The molecule has 114 valence electrons. The Bertz CT molecular complexity index is 672. The number of esters is 1. The maximum atomic E-state index is 12.2. The fourth-order valence-electron chi connectivity index (χ4n) is 1.59. The van der Waals surface area contributed by atoms with Gasteiger partial charge in [0.1, 0.15) is 0 Å². The van der Waals surface area contributed by atoms with Crippen molar-refractivity contribution in [2.75, 3.05) is 20.2 Å². The number of ether oxygens (including phenoxy) is 1. The SMILES string of the molecule is COC(=O)CCNS(=O)(=O)c1ccc(C)cc1C#CCN.